The van der Waals surface area contributed by atoms with Crippen LogP contribution in [0.1, 0.15) is 5.82 Å². The molecule has 0 radical (unpaired) electrons. The summed E-state index contributed by atoms with van der Waals surface area (Å²) in [5.41, 5.74) is 10.8. The van der Waals surface area contributed by atoms with Crippen LogP contribution in [0.3, 0.4) is 0 Å². The van der Waals surface area contributed by atoms with Crippen LogP contribution in [-0.4, -0.2) is 15.0 Å². The van der Waals surface area contributed by atoms with E-state index in [1.807, 2.05) is 0 Å². The molecule has 0 aliphatic rings. The molecule has 0 unspecified atom stereocenters. The lowest BCUT2D eigenvalue weighted by molar-refractivity contribution is 0.281. The average molecular weight is 314 g/mol. The van der Waals surface area contributed by atoms with Crippen LogP contribution in [0.5, 0.6) is 5.75 Å². The fourth-order valence-electron chi connectivity index (χ4n) is 1.25. The van der Waals surface area contributed by atoms with E-state index >= 15 is 0 Å². The van der Waals surface area contributed by atoms with Crippen molar-refractivity contribution in [2.75, 3.05) is 11.5 Å². The topological polar surface area (TPSA) is 99.9 Å². The highest BCUT2D eigenvalue weighted by molar-refractivity contribution is 9.10. The third-order valence-electron chi connectivity index (χ3n) is 1.97. The Kier molecular flexibility index (Phi) is 3.56. The number of benzene rings is 1. The molecular weight excluding hydrogens is 305 g/mol. The smallest absolute Gasteiger partial charge is 0.225 e. The zero-order valence-electron chi connectivity index (χ0n) is 9.10. The van der Waals surface area contributed by atoms with E-state index in [-0.39, 0.29) is 30.1 Å². The van der Waals surface area contributed by atoms with E-state index < -0.39 is 5.82 Å². The average Bonchev–Trinajstić information content (AvgIpc) is 2.29. The second-order valence-corrected chi connectivity index (χ2v) is 4.25. The maximum atomic E-state index is 13.4. The van der Waals surface area contributed by atoms with Crippen molar-refractivity contribution in [2.45, 2.75) is 6.61 Å². The Balaban J connectivity index is 2.13. The summed E-state index contributed by atoms with van der Waals surface area (Å²) in [4.78, 5) is 11.3. The zero-order chi connectivity index (χ0) is 13.1. The van der Waals surface area contributed by atoms with Gasteiger partial charge in [-0.2, -0.15) is 15.0 Å². The van der Waals surface area contributed by atoms with Gasteiger partial charge in [0.2, 0.25) is 11.9 Å². The molecule has 4 N–H and O–H groups in total. The molecule has 0 atom stereocenters. The summed E-state index contributed by atoms with van der Waals surface area (Å²) in [7, 11) is 0. The van der Waals surface area contributed by atoms with Crippen molar-refractivity contribution in [1.29, 1.82) is 0 Å². The lowest BCUT2D eigenvalue weighted by Crippen LogP contribution is -2.09. The molecule has 0 spiro atoms. The van der Waals surface area contributed by atoms with E-state index in [4.69, 9.17) is 16.2 Å². The van der Waals surface area contributed by atoms with Gasteiger partial charge in [-0.25, -0.2) is 4.39 Å². The number of ether oxygens (including phenoxy) is 1. The highest BCUT2D eigenvalue weighted by Crippen LogP contribution is 2.22. The Morgan fingerprint density at radius 1 is 1.17 bits per heavy atom. The van der Waals surface area contributed by atoms with Gasteiger partial charge in [-0.05, 0) is 18.2 Å². The molecule has 0 fully saturated rings. The molecule has 0 amide bonds. The highest BCUT2D eigenvalue weighted by Gasteiger charge is 2.07. The standard InChI is InChI=1S/C10H9BrFN5O/c11-5-1-2-6(12)7(3-5)18-4-8-15-9(13)17-10(14)16-8/h1-3H,4H2,(H4,13,14,15,16,17). The molecule has 0 aliphatic carbocycles. The van der Waals surface area contributed by atoms with Gasteiger partial charge in [-0.3, -0.25) is 0 Å². The van der Waals surface area contributed by atoms with Crippen LogP contribution in [0.25, 0.3) is 0 Å². The predicted molar refractivity (Wildman–Crippen MR) is 67.1 cm³/mol. The number of nitrogens with zero attached hydrogens (tertiary/aromatic N) is 3. The molecule has 1 aromatic heterocycles. The lowest BCUT2D eigenvalue weighted by atomic mass is 10.3. The summed E-state index contributed by atoms with van der Waals surface area (Å²) in [5.74, 6) is -0.166. The van der Waals surface area contributed by atoms with Gasteiger partial charge in [0.25, 0.3) is 0 Å². The van der Waals surface area contributed by atoms with Gasteiger partial charge in [0.1, 0.15) is 6.61 Å². The van der Waals surface area contributed by atoms with Gasteiger partial charge >= 0.3 is 0 Å². The fourth-order valence-corrected chi connectivity index (χ4v) is 1.59. The molecule has 94 valence electrons. The van der Waals surface area contributed by atoms with Crippen LogP contribution < -0.4 is 16.2 Å². The van der Waals surface area contributed by atoms with E-state index in [2.05, 4.69) is 30.9 Å². The van der Waals surface area contributed by atoms with Crippen LogP contribution in [0.4, 0.5) is 16.3 Å². The largest absolute Gasteiger partial charge is 0.482 e. The van der Waals surface area contributed by atoms with Crippen molar-refractivity contribution in [3.8, 4) is 5.75 Å². The van der Waals surface area contributed by atoms with Crippen molar-refractivity contribution in [3.63, 3.8) is 0 Å². The van der Waals surface area contributed by atoms with Crippen LogP contribution in [-0.2, 0) is 6.61 Å². The monoisotopic (exact) mass is 313 g/mol. The van der Waals surface area contributed by atoms with Crippen molar-refractivity contribution >= 4 is 27.8 Å². The molecular formula is C10H9BrFN5O. The van der Waals surface area contributed by atoms with Crippen molar-refractivity contribution in [1.82, 2.24) is 15.0 Å². The Morgan fingerprint density at radius 2 is 1.83 bits per heavy atom. The second kappa shape index (κ2) is 5.13. The zero-order valence-corrected chi connectivity index (χ0v) is 10.7. The summed E-state index contributed by atoms with van der Waals surface area (Å²) in [5, 5.41) is 0. The number of nitrogen functional groups attached to an aromatic ring is 2. The van der Waals surface area contributed by atoms with Gasteiger partial charge in [-0.1, -0.05) is 15.9 Å². The van der Waals surface area contributed by atoms with E-state index in [0.29, 0.717) is 4.47 Å². The molecule has 0 bridgehead atoms. The Morgan fingerprint density at radius 3 is 2.50 bits per heavy atom. The van der Waals surface area contributed by atoms with Gasteiger partial charge in [0.15, 0.2) is 17.4 Å². The van der Waals surface area contributed by atoms with Crippen LogP contribution >= 0.6 is 15.9 Å². The van der Waals surface area contributed by atoms with Gasteiger partial charge in [0.05, 0.1) is 0 Å². The van der Waals surface area contributed by atoms with Crippen molar-refractivity contribution in [3.05, 3.63) is 34.3 Å². The quantitative estimate of drug-likeness (QED) is 0.891. The predicted octanol–water partition coefficient (Wildman–Crippen LogP) is 1.52. The summed E-state index contributed by atoms with van der Waals surface area (Å²) in [6.07, 6.45) is 0. The SMILES string of the molecule is Nc1nc(N)nc(COc2cc(Br)ccc2F)n1. The maximum absolute atomic E-state index is 13.4. The number of aromatic nitrogens is 3. The molecule has 6 nitrogen and oxygen atoms in total. The van der Waals surface area contributed by atoms with Gasteiger partial charge < -0.3 is 16.2 Å². The minimum absolute atomic E-state index is 0.00388. The van der Waals surface area contributed by atoms with Crippen molar-refractivity contribution in [2.24, 2.45) is 0 Å². The first-order valence-corrected chi connectivity index (χ1v) is 5.67. The first-order valence-electron chi connectivity index (χ1n) is 4.88. The summed E-state index contributed by atoms with van der Waals surface area (Å²) in [6.45, 7) is -0.0513. The molecule has 1 aromatic carbocycles. The van der Waals surface area contributed by atoms with Crippen LogP contribution in [0.2, 0.25) is 0 Å². The molecule has 8 heteroatoms. The minimum Gasteiger partial charge on any atom is -0.482 e. The Bertz CT molecular complexity index is 560. The molecule has 2 aromatic rings. The van der Waals surface area contributed by atoms with E-state index in [9.17, 15) is 4.39 Å². The second-order valence-electron chi connectivity index (χ2n) is 3.33. The third kappa shape index (κ3) is 3.04. The van der Waals surface area contributed by atoms with Gasteiger partial charge in [-0.15, -0.1) is 0 Å². The van der Waals surface area contributed by atoms with E-state index in [0.717, 1.165) is 0 Å². The minimum atomic E-state index is -0.479. The van der Waals surface area contributed by atoms with E-state index in [1.54, 1.807) is 6.07 Å². The number of hydrogen-bond donors (Lipinski definition) is 2. The fraction of sp³-hybridized carbons (Fsp3) is 0.100. The Hall–Kier alpha value is -1.96. The van der Waals surface area contributed by atoms with Crippen LogP contribution in [0, 0.1) is 5.82 Å². The lowest BCUT2D eigenvalue weighted by Gasteiger charge is -2.07. The highest BCUT2D eigenvalue weighted by atomic mass is 79.9. The summed E-state index contributed by atoms with van der Waals surface area (Å²) < 4.78 is 19.3. The number of nitrogens with two attached hydrogens (primary N) is 2. The molecule has 18 heavy (non-hydrogen) atoms. The summed E-state index contributed by atoms with van der Waals surface area (Å²) in [6, 6.07) is 4.36. The Labute approximate surface area is 110 Å². The van der Waals surface area contributed by atoms with Gasteiger partial charge in [0, 0.05) is 4.47 Å². The first-order chi connectivity index (χ1) is 8.54. The number of anilines is 2. The molecule has 0 aliphatic heterocycles. The van der Waals surface area contributed by atoms with Crippen molar-refractivity contribution < 1.29 is 9.13 Å². The summed E-state index contributed by atoms with van der Waals surface area (Å²) >= 11 is 3.22. The number of halogens is 2. The number of hydrogen-bond acceptors (Lipinski definition) is 6. The molecule has 0 saturated carbocycles. The first kappa shape index (κ1) is 12.5. The van der Waals surface area contributed by atoms with Crippen LogP contribution in [0.15, 0.2) is 22.7 Å². The third-order valence-corrected chi connectivity index (χ3v) is 2.46. The molecule has 1 heterocycles. The normalized spacial score (nSPS) is 10.3. The molecule has 2 rings (SSSR count). The maximum Gasteiger partial charge on any atom is 0.225 e. The molecule has 0 saturated heterocycles. The number of rotatable bonds is 3. The van der Waals surface area contributed by atoms with E-state index in [1.165, 1.54) is 12.1 Å².